The third-order valence-electron chi connectivity index (χ3n) is 4.08. The topological polar surface area (TPSA) is 126 Å². The van der Waals surface area contributed by atoms with Crippen LogP contribution in [0.25, 0.3) is 11.3 Å². The third-order valence-corrected chi connectivity index (χ3v) is 4.84. The van der Waals surface area contributed by atoms with Crippen LogP contribution in [0, 0.1) is 15.9 Å². The maximum absolute atomic E-state index is 14.3. The van der Waals surface area contributed by atoms with Gasteiger partial charge in [0.2, 0.25) is 11.8 Å². The lowest BCUT2D eigenvalue weighted by Gasteiger charge is -2.07. The van der Waals surface area contributed by atoms with E-state index in [9.17, 15) is 24.1 Å². The molecule has 0 fully saturated rings. The van der Waals surface area contributed by atoms with Gasteiger partial charge in [0, 0.05) is 42.6 Å². The molecule has 0 spiro atoms. The number of halogens is 1. The molecule has 11 heteroatoms. The van der Waals surface area contributed by atoms with Crippen LogP contribution < -0.4 is 16.0 Å². The van der Waals surface area contributed by atoms with Crippen LogP contribution >= 0.6 is 11.3 Å². The number of benzene rings is 2. The first-order valence-corrected chi connectivity index (χ1v) is 10.0. The molecule has 2 aromatic carbocycles. The second kappa shape index (κ2) is 9.76. The molecule has 0 saturated heterocycles. The molecule has 0 aliphatic carbocycles. The van der Waals surface area contributed by atoms with Crippen LogP contribution in [0.2, 0.25) is 0 Å². The number of nitrogens with one attached hydrogen (secondary N) is 3. The molecule has 3 aromatic rings. The number of hydrogen-bond acceptors (Lipinski definition) is 7. The van der Waals surface area contributed by atoms with Crippen molar-refractivity contribution in [1.82, 2.24) is 4.98 Å². The highest BCUT2D eigenvalue weighted by Gasteiger charge is 2.14. The Morgan fingerprint density at radius 2 is 1.97 bits per heavy atom. The van der Waals surface area contributed by atoms with Crippen molar-refractivity contribution >= 4 is 45.3 Å². The summed E-state index contributed by atoms with van der Waals surface area (Å²) in [6, 6.07) is 10.4. The molecule has 0 radical (unpaired) electrons. The lowest BCUT2D eigenvalue weighted by molar-refractivity contribution is -0.384. The number of carbonyl (C=O) groups is 2. The Labute approximate surface area is 180 Å². The number of para-hydroxylation sites is 2. The monoisotopic (exact) mass is 443 g/mol. The molecular formula is C20H18FN5O4S. The zero-order valence-electron chi connectivity index (χ0n) is 16.3. The van der Waals surface area contributed by atoms with Crippen LogP contribution in [-0.4, -0.2) is 28.3 Å². The first-order valence-electron chi connectivity index (χ1n) is 9.13. The van der Waals surface area contributed by atoms with Gasteiger partial charge in [-0.2, -0.15) is 0 Å². The van der Waals surface area contributed by atoms with E-state index >= 15 is 0 Å². The number of nitrogens with zero attached hydrogens (tertiary/aromatic N) is 2. The second-order valence-corrected chi connectivity index (χ2v) is 7.27. The average molecular weight is 443 g/mol. The van der Waals surface area contributed by atoms with Gasteiger partial charge in [0.1, 0.15) is 11.5 Å². The zero-order chi connectivity index (χ0) is 22.4. The fourth-order valence-corrected chi connectivity index (χ4v) is 3.46. The van der Waals surface area contributed by atoms with Crippen molar-refractivity contribution in [2.75, 3.05) is 22.5 Å². The number of rotatable bonds is 8. The van der Waals surface area contributed by atoms with Crippen molar-refractivity contribution in [2.45, 2.75) is 13.3 Å². The highest BCUT2D eigenvalue weighted by molar-refractivity contribution is 7.14. The molecule has 31 heavy (non-hydrogen) atoms. The average Bonchev–Trinajstić information content (AvgIpc) is 3.15. The number of nitro benzene ring substituents is 1. The van der Waals surface area contributed by atoms with Crippen LogP contribution in [0.5, 0.6) is 0 Å². The smallest absolute Gasteiger partial charge is 0.292 e. The summed E-state index contributed by atoms with van der Waals surface area (Å²) < 4.78 is 14.3. The van der Waals surface area contributed by atoms with Gasteiger partial charge in [0.25, 0.3) is 5.69 Å². The molecule has 0 bridgehead atoms. The van der Waals surface area contributed by atoms with Gasteiger partial charge in [0.15, 0.2) is 5.13 Å². The number of aromatic nitrogens is 1. The van der Waals surface area contributed by atoms with E-state index in [2.05, 4.69) is 20.9 Å². The molecule has 3 N–H and O–H groups in total. The Bertz CT molecular complexity index is 1130. The van der Waals surface area contributed by atoms with Gasteiger partial charge in [-0.15, -0.1) is 11.3 Å². The van der Waals surface area contributed by atoms with Gasteiger partial charge < -0.3 is 16.0 Å². The summed E-state index contributed by atoms with van der Waals surface area (Å²) in [7, 11) is 0. The van der Waals surface area contributed by atoms with Gasteiger partial charge in [-0.25, -0.2) is 9.37 Å². The summed E-state index contributed by atoms with van der Waals surface area (Å²) in [6.07, 6.45) is 0.0563. The van der Waals surface area contributed by atoms with Gasteiger partial charge in [-0.05, 0) is 24.3 Å². The molecule has 1 heterocycles. The number of nitro groups is 1. The van der Waals surface area contributed by atoms with E-state index in [0.29, 0.717) is 22.2 Å². The molecule has 0 atom stereocenters. The maximum atomic E-state index is 14.3. The van der Waals surface area contributed by atoms with E-state index < -0.39 is 10.7 Å². The molecule has 0 aliphatic heterocycles. The second-order valence-electron chi connectivity index (χ2n) is 6.41. The summed E-state index contributed by atoms with van der Waals surface area (Å²) in [5, 5.41) is 20.9. The van der Waals surface area contributed by atoms with Crippen molar-refractivity contribution in [2.24, 2.45) is 0 Å². The van der Waals surface area contributed by atoms with Crippen molar-refractivity contribution in [3.05, 3.63) is 63.8 Å². The Kier molecular flexibility index (Phi) is 6.88. The van der Waals surface area contributed by atoms with Crippen molar-refractivity contribution in [3.8, 4) is 11.3 Å². The summed E-state index contributed by atoms with van der Waals surface area (Å²) in [5.41, 5.74) is 1.19. The molecule has 0 saturated carbocycles. The molecule has 1 aromatic heterocycles. The third kappa shape index (κ3) is 5.82. The SMILES string of the molecule is CC(=O)Nc1ccc(-c2csc(NC(=O)CCNc3ccccc3[N+](=O)[O-])n2)c(F)c1. The summed E-state index contributed by atoms with van der Waals surface area (Å²) in [4.78, 5) is 37.9. The van der Waals surface area contributed by atoms with Crippen LogP contribution in [0.3, 0.4) is 0 Å². The van der Waals surface area contributed by atoms with Gasteiger partial charge >= 0.3 is 0 Å². The number of hydrogen-bond donors (Lipinski definition) is 3. The lowest BCUT2D eigenvalue weighted by Crippen LogP contribution is -2.16. The highest BCUT2D eigenvalue weighted by Crippen LogP contribution is 2.29. The van der Waals surface area contributed by atoms with Crippen molar-refractivity contribution in [3.63, 3.8) is 0 Å². The standard InChI is InChI=1S/C20H18FN5O4S/c1-12(27)23-13-6-7-14(15(21)10-13)17-11-31-20(24-17)25-19(28)8-9-22-16-4-2-3-5-18(16)26(29)30/h2-7,10-11,22H,8-9H2,1H3,(H,23,27)(H,24,25,28). The fraction of sp³-hybridized carbons (Fsp3) is 0.150. The predicted molar refractivity (Wildman–Crippen MR) is 117 cm³/mol. The van der Waals surface area contributed by atoms with E-state index in [0.717, 1.165) is 11.3 Å². The van der Waals surface area contributed by atoms with Gasteiger partial charge in [-0.3, -0.25) is 19.7 Å². The Hall–Kier alpha value is -3.86. The summed E-state index contributed by atoms with van der Waals surface area (Å²) in [5.74, 6) is -1.20. The highest BCUT2D eigenvalue weighted by atomic mass is 32.1. The van der Waals surface area contributed by atoms with Crippen LogP contribution in [-0.2, 0) is 9.59 Å². The molecule has 9 nitrogen and oxygen atoms in total. The van der Waals surface area contributed by atoms with E-state index in [1.54, 1.807) is 29.6 Å². The Morgan fingerprint density at radius 3 is 2.68 bits per heavy atom. The quantitative estimate of drug-likeness (QED) is 0.353. The fourth-order valence-electron chi connectivity index (χ4n) is 2.73. The normalized spacial score (nSPS) is 10.4. The van der Waals surface area contributed by atoms with E-state index in [4.69, 9.17) is 0 Å². The van der Waals surface area contributed by atoms with Crippen LogP contribution in [0.4, 0.5) is 26.6 Å². The number of amides is 2. The minimum atomic E-state index is -0.553. The van der Waals surface area contributed by atoms with E-state index in [-0.39, 0.29) is 36.0 Å². The number of anilines is 3. The van der Waals surface area contributed by atoms with Gasteiger partial charge in [-0.1, -0.05) is 12.1 Å². The predicted octanol–water partition coefficient (Wildman–Crippen LogP) is 4.26. The molecular weight excluding hydrogens is 425 g/mol. The molecule has 160 valence electrons. The first-order chi connectivity index (χ1) is 14.8. The molecule has 0 aliphatic rings. The lowest BCUT2D eigenvalue weighted by atomic mass is 10.1. The number of thiazole rings is 1. The first kappa shape index (κ1) is 21.8. The minimum Gasteiger partial charge on any atom is -0.379 e. The summed E-state index contributed by atoms with van der Waals surface area (Å²) >= 11 is 1.14. The van der Waals surface area contributed by atoms with E-state index in [1.807, 2.05) is 0 Å². The maximum Gasteiger partial charge on any atom is 0.292 e. The Balaban J connectivity index is 1.57. The number of carbonyl (C=O) groups excluding carboxylic acids is 2. The zero-order valence-corrected chi connectivity index (χ0v) is 17.2. The van der Waals surface area contributed by atoms with Crippen molar-refractivity contribution < 1.29 is 18.9 Å². The van der Waals surface area contributed by atoms with Crippen LogP contribution in [0.15, 0.2) is 47.8 Å². The van der Waals surface area contributed by atoms with E-state index in [1.165, 1.54) is 25.1 Å². The Morgan fingerprint density at radius 1 is 1.19 bits per heavy atom. The van der Waals surface area contributed by atoms with Crippen molar-refractivity contribution in [1.29, 1.82) is 0 Å². The largest absolute Gasteiger partial charge is 0.379 e. The molecule has 3 rings (SSSR count). The van der Waals surface area contributed by atoms with Gasteiger partial charge in [0.05, 0.1) is 10.6 Å². The molecule has 0 unspecified atom stereocenters. The van der Waals surface area contributed by atoms with Crippen LogP contribution in [0.1, 0.15) is 13.3 Å². The summed E-state index contributed by atoms with van der Waals surface area (Å²) in [6.45, 7) is 1.52. The molecule has 2 amide bonds. The minimum absolute atomic E-state index is 0.0563.